The van der Waals surface area contributed by atoms with Crippen LogP contribution in [0.1, 0.15) is 43.4 Å². The molecule has 1 fully saturated rings. The highest BCUT2D eigenvalue weighted by molar-refractivity contribution is 6.35. The Morgan fingerprint density at radius 1 is 1.42 bits per heavy atom. The third-order valence-corrected chi connectivity index (χ3v) is 5.45. The van der Waals surface area contributed by atoms with Gasteiger partial charge in [-0.05, 0) is 37.3 Å². The first kappa shape index (κ1) is 15.7. The minimum atomic E-state index is 0.228. The lowest BCUT2D eigenvalue weighted by Crippen LogP contribution is -2.19. The van der Waals surface area contributed by atoms with Crippen LogP contribution in [-0.4, -0.2) is 19.7 Å². The molecule has 2 heterocycles. The fourth-order valence-electron chi connectivity index (χ4n) is 3.18. The molecule has 24 heavy (non-hydrogen) atoms. The molecule has 0 aliphatic heterocycles. The summed E-state index contributed by atoms with van der Waals surface area (Å²) in [4.78, 5) is 7.36. The van der Waals surface area contributed by atoms with Gasteiger partial charge in [0.25, 0.3) is 0 Å². The molecule has 1 saturated carbocycles. The summed E-state index contributed by atoms with van der Waals surface area (Å²) in [5.41, 5.74) is 4.07. The molecule has 5 nitrogen and oxygen atoms in total. The zero-order chi connectivity index (χ0) is 16.5. The fourth-order valence-corrected chi connectivity index (χ4v) is 3.46. The Morgan fingerprint density at radius 2 is 2.29 bits per heavy atom. The average molecular weight is 344 g/mol. The number of aromatic amines is 1. The van der Waals surface area contributed by atoms with Crippen molar-refractivity contribution in [1.29, 1.82) is 0 Å². The maximum absolute atomic E-state index is 6.46. The van der Waals surface area contributed by atoms with E-state index in [1.54, 1.807) is 6.33 Å². The van der Waals surface area contributed by atoms with Crippen molar-refractivity contribution in [2.24, 2.45) is 5.92 Å². The maximum Gasteiger partial charge on any atom is 0.107 e. The van der Waals surface area contributed by atoms with E-state index in [4.69, 9.17) is 11.6 Å². The van der Waals surface area contributed by atoms with E-state index in [1.165, 1.54) is 24.8 Å². The normalized spacial score (nSPS) is 16.4. The number of hydrogen-bond acceptors (Lipinski definition) is 3. The molecule has 6 heteroatoms. The predicted molar refractivity (Wildman–Crippen MR) is 95.9 cm³/mol. The van der Waals surface area contributed by atoms with Crippen molar-refractivity contribution in [2.45, 2.75) is 45.3 Å². The average Bonchev–Trinajstić information content (AvgIpc) is 3.19. The summed E-state index contributed by atoms with van der Waals surface area (Å²) in [5.74, 6) is 0.820. The van der Waals surface area contributed by atoms with Crippen LogP contribution < -0.4 is 5.32 Å². The van der Waals surface area contributed by atoms with Crippen LogP contribution in [0.5, 0.6) is 0 Å². The summed E-state index contributed by atoms with van der Waals surface area (Å²) in [6.07, 6.45) is 9.86. The highest BCUT2D eigenvalue weighted by atomic mass is 35.5. The third kappa shape index (κ3) is 3.06. The Bertz CT molecular complexity index is 833. The molecule has 0 radical (unpaired) electrons. The highest BCUT2D eigenvalue weighted by Gasteiger charge is 2.18. The topological polar surface area (TPSA) is 58.5 Å². The van der Waals surface area contributed by atoms with Gasteiger partial charge in [-0.15, -0.1) is 0 Å². The summed E-state index contributed by atoms with van der Waals surface area (Å²) in [6, 6.07) is 4.29. The van der Waals surface area contributed by atoms with Gasteiger partial charge >= 0.3 is 0 Å². The summed E-state index contributed by atoms with van der Waals surface area (Å²) in [5, 5.41) is 8.75. The minimum Gasteiger partial charge on any atom is -0.345 e. The van der Waals surface area contributed by atoms with E-state index in [1.807, 2.05) is 18.3 Å². The number of nitrogens with one attached hydrogen (secondary N) is 2. The van der Waals surface area contributed by atoms with Gasteiger partial charge in [0.2, 0.25) is 0 Å². The lowest BCUT2D eigenvalue weighted by Gasteiger charge is -2.24. The van der Waals surface area contributed by atoms with Crippen molar-refractivity contribution in [1.82, 2.24) is 25.1 Å². The molecule has 0 spiro atoms. The van der Waals surface area contributed by atoms with Gasteiger partial charge in [0.1, 0.15) is 5.52 Å². The Hall–Kier alpha value is -1.85. The van der Waals surface area contributed by atoms with Crippen LogP contribution in [0.25, 0.3) is 11.0 Å². The zero-order valence-corrected chi connectivity index (χ0v) is 14.6. The number of hydrogen-bond donors (Lipinski definition) is 2. The van der Waals surface area contributed by atoms with Crippen LogP contribution >= 0.6 is 11.6 Å². The smallest absolute Gasteiger partial charge is 0.107 e. The van der Waals surface area contributed by atoms with Crippen molar-refractivity contribution >= 4 is 22.6 Å². The van der Waals surface area contributed by atoms with Gasteiger partial charge in [0.05, 0.1) is 23.1 Å². The first-order valence-electron chi connectivity index (χ1n) is 8.57. The predicted octanol–water partition coefficient (Wildman–Crippen LogP) is 4.06. The third-order valence-electron chi connectivity index (χ3n) is 5.03. The van der Waals surface area contributed by atoms with Gasteiger partial charge in [-0.1, -0.05) is 24.1 Å². The van der Waals surface area contributed by atoms with Gasteiger partial charge in [0.15, 0.2) is 0 Å². The van der Waals surface area contributed by atoms with E-state index in [0.717, 1.165) is 29.1 Å². The Labute approximate surface area is 146 Å². The van der Waals surface area contributed by atoms with E-state index >= 15 is 0 Å². The number of rotatable bonds is 6. The van der Waals surface area contributed by atoms with Gasteiger partial charge < -0.3 is 10.3 Å². The van der Waals surface area contributed by atoms with Gasteiger partial charge in [-0.3, -0.25) is 4.68 Å². The first-order valence-corrected chi connectivity index (χ1v) is 8.94. The maximum atomic E-state index is 6.46. The number of imidazole rings is 1. The Morgan fingerprint density at radius 3 is 3.08 bits per heavy atom. The van der Waals surface area contributed by atoms with Crippen LogP contribution in [0.4, 0.5) is 0 Å². The highest BCUT2D eigenvalue weighted by Crippen LogP contribution is 2.28. The Kier molecular flexibility index (Phi) is 4.29. The van der Waals surface area contributed by atoms with Crippen molar-refractivity contribution in [2.75, 3.05) is 0 Å². The van der Waals surface area contributed by atoms with E-state index in [9.17, 15) is 0 Å². The number of nitrogens with zero attached hydrogens (tertiary/aromatic N) is 3. The largest absolute Gasteiger partial charge is 0.345 e. The van der Waals surface area contributed by atoms with Gasteiger partial charge in [-0.2, -0.15) is 5.10 Å². The lowest BCUT2D eigenvalue weighted by atomic mass is 9.85. The number of fused-ring (bicyclic) bond motifs is 1. The summed E-state index contributed by atoms with van der Waals surface area (Å²) in [7, 11) is 0. The number of benzene rings is 1. The molecule has 1 aromatic carbocycles. The molecule has 1 aliphatic carbocycles. The first-order chi connectivity index (χ1) is 11.7. The van der Waals surface area contributed by atoms with Crippen molar-refractivity contribution in [3.8, 4) is 0 Å². The summed E-state index contributed by atoms with van der Waals surface area (Å²) in [6.45, 7) is 3.91. The number of halogens is 1. The van der Waals surface area contributed by atoms with Crippen LogP contribution in [0, 0.1) is 5.92 Å². The van der Waals surface area contributed by atoms with Crippen molar-refractivity contribution in [3.05, 3.63) is 47.0 Å². The molecule has 4 rings (SSSR count). The van der Waals surface area contributed by atoms with Crippen LogP contribution in [0.3, 0.4) is 0 Å². The van der Waals surface area contributed by atoms with Gasteiger partial charge in [-0.25, -0.2) is 4.98 Å². The van der Waals surface area contributed by atoms with Crippen molar-refractivity contribution < 1.29 is 0 Å². The molecule has 126 valence electrons. The van der Waals surface area contributed by atoms with Crippen LogP contribution in [0.2, 0.25) is 5.02 Å². The molecular weight excluding hydrogens is 322 g/mol. The van der Waals surface area contributed by atoms with E-state index in [-0.39, 0.29) is 6.04 Å². The molecule has 0 saturated heterocycles. The second-order valence-electron chi connectivity index (χ2n) is 6.73. The second kappa shape index (κ2) is 6.57. The quantitative estimate of drug-likeness (QED) is 0.709. The van der Waals surface area contributed by atoms with Gasteiger partial charge in [0, 0.05) is 30.9 Å². The van der Waals surface area contributed by atoms with E-state index < -0.39 is 0 Å². The molecule has 1 atom stereocenters. The molecule has 0 amide bonds. The molecule has 2 aromatic heterocycles. The molecule has 1 aliphatic rings. The SMILES string of the molecule is CC(NCc1ccc2[nH]cnc2c1Cl)c1cnn(CC2CCC2)c1. The lowest BCUT2D eigenvalue weighted by molar-refractivity contribution is 0.266. The Balaban J connectivity index is 1.40. The van der Waals surface area contributed by atoms with Crippen LogP contribution in [-0.2, 0) is 13.1 Å². The fraction of sp³-hybridized carbons (Fsp3) is 0.444. The minimum absolute atomic E-state index is 0.228. The molecule has 1 unspecified atom stereocenters. The molecule has 3 aromatic rings. The number of H-pyrrole nitrogens is 1. The van der Waals surface area contributed by atoms with Crippen molar-refractivity contribution in [3.63, 3.8) is 0 Å². The summed E-state index contributed by atoms with van der Waals surface area (Å²) < 4.78 is 2.08. The number of aromatic nitrogens is 4. The standard InChI is InChI=1S/C18H22ClN5/c1-12(15-8-23-24(10-15)9-13-3-2-4-13)20-7-14-5-6-16-18(17(14)19)22-11-21-16/h5-6,8,10-13,20H,2-4,7,9H2,1H3,(H,21,22). The monoisotopic (exact) mass is 343 g/mol. The summed E-state index contributed by atoms with van der Waals surface area (Å²) >= 11 is 6.46. The second-order valence-corrected chi connectivity index (χ2v) is 7.11. The molecular formula is C18H22ClN5. The zero-order valence-electron chi connectivity index (χ0n) is 13.8. The molecule has 0 bridgehead atoms. The van der Waals surface area contributed by atoms with E-state index in [2.05, 4.69) is 38.2 Å². The van der Waals surface area contributed by atoms with E-state index in [0.29, 0.717) is 11.6 Å². The van der Waals surface area contributed by atoms with Crippen LogP contribution in [0.15, 0.2) is 30.9 Å². The molecule has 2 N–H and O–H groups in total.